The molecule has 6 heteroatoms. The second-order valence-corrected chi connectivity index (χ2v) is 4.12. The third-order valence-electron chi connectivity index (χ3n) is 3.00. The Morgan fingerprint density at radius 1 is 1.39 bits per heavy atom. The highest BCUT2D eigenvalue weighted by molar-refractivity contribution is 5.52. The van der Waals surface area contributed by atoms with Crippen LogP contribution in [0.15, 0.2) is 23.2 Å². The SMILES string of the molecule is COc1cccc(C(F)(F)F)c1C1(N=C=O)CC1. The minimum atomic E-state index is -4.50. The van der Waals surface area contributed by atoms with Gasteiger partial charge in [-0.2, -0.15) is 18.2 Å². The van der Waals surface area contributed by atoms with Crippen LogP contribution < -0.4 is 4.74 Å². The predicted octanol–water partition coefficient (Wildman–Crippen LogP) is 3.04. The standard InChI is InChI=1S/C12H10F3NO2/c1-18-9-4-2-3-8(12(13,14)15)10(9)11(5-6-11)16-7-17/h2-4H,5-6H2,1H3. The summed E-state index contributed by atoms with van der Waals surface area (Å²) in [6, 6.07) is 3.68. The van der Waals surface area contributed by atoms with Gasteiger partial charge in [0.05, 0.1) is 12.7 Å². The Kier molecular flexibility index (Phi) is 2.91. The number of halogens is 3. The second-order valence-electron chi connectivity index (χ2n) is 4.12. The fraction of sp³-hybridized carbons (Fsp3) is 0.417. The largest absolute Gasteiger partial charge is 0.496 e. The van der Waals surface area contributed by atoms with E-state index in [0.29, 0.717) is 12.8 Å². The van der Waals surface area contributed by atoms with Gasteiger partial charge in [0.15, 0.2) is 0 Å². The summed E-state index contributed by atoms with van der Waals surface area (Å²) in [6.45, 7) is 0. The van der Waals surface area contributed by atoms with Gasteiger partial charge in [-0.25, -0.2) is 4.79 Å². The van der Waals surface area contributed by atoms with E-state index in [1.165, 1.54) is 25.3 Å². The molecule has 96 valence electrons. The number of benzene rings is 1. The Morgan fingerprint density at radius 2 is 2.06 bits per heavy atom. The molecule has 0 N–H and O–H groups in total. The summed E-state index contributed by atoms with van der Waals surface area (Å²) in [5.41, 5.74) is -1.99. The topological polar surface area (TPSA) is 38.7 Å². The first-order valence-electron chi connectivity index (χ1n) is 5.28. The van der Waals surface area contributed by atoms with E-state index in [1.54, 1.807) is 0 Å². The van der Waals surface area contributed by atoms with Crippen molar-refractivity contribution in [2.24, 2.45) is 4.99 Å². The van der Waals surface area contributed by atoms with Crippen LogP contribution >= 0.6 is 0 Å². The summed E-state index contributed by atoms with van der Waals surface area (Å²) in [6.07, 6.45) is -2.36. The molecule has 0 atom stereocenters. The van der Waals surface area contributed by atoms with Crippen LogP contribution in [0, 0.1) is 0 Å². The number of hydrogen-bond donors (Lipinski definition) is 0. The van der Waals surface area contributed by atoms with E-state index in [1.807, 2.05) is 0 Å². The minimum Gasteiger partial charge on any atom is -0.496 e. The van der Waals surface area contributed by atoms with Crippen LogP contribution in [0.3, 0.4) is 0 Å². The molecule has 1 fully saturated rings. The Labute approximate surface area is 101 Å². The number of hydrogen-bond acceptors (Lipinski definition) is 3. The lowest BCUT2D eigenvalue weighted by Crippen LogP contribution is -2.16. The van der Waals surface area contributed by atoms with Crippen molar-refractivity contribution < 1.29 is 22.7 Å². The lowest BCUT2D eigenvalue weighted by molar-refractivity contribution is -0.138. The van der Waals surface area contributed by atoms with Gasteiger partial charge in [-0.15, -0.1) is 0 Å². The summed E-state index contributed by atoms with van der Waals surface area (Å²) in [4.78, 5) is 13.9. The van der Waals surface area contributed by atoms with Gasteiger partial charge in [-0.3, -0.25) is 0 Å². The highest BCUT2D eigenvalue weighted by atomic mass is 19.4. The summed E-state index contributed by atoms with van der Waals surface area (Å²) in [5, 5.41) is 0. The second kappa shape index (κ2) is 4.14. The Bertz CT molecular complexity index is 515. The monoisotopic (exact) mass is 257 g/mol. The lowest BCUT2D eigenvalue weighted by atomic mass is 9.97. The molecule has 0 bridgehead atoms. The molecule has 1 aromatic rings. The maximum Gasteiger partial charge on any atom is 0.416 e. The Hall–Kier alpha value is -1.81. The van der Waals surface area contributed by atoms with Crippen molar-refractivity contribution >= 4 is 6.08 Å². The lowest BCUT2D eigenvalue weighted by Gasteiger charge is -2.19. The maximum atomic E-state index is 13.0. The van der Waals surface area contributed by atoms with Crippen LogP contribution in [0.1, 0.15) is 24.0 Å². The van der Waals surface area contributed by atoms with Crippen LogP contribution in [0.2, 0.25) is 0 Å². The highest BCUT2D eigenvalue weighted by Crippen LogP contribution is 2.55. The maximum absolute atomic E-state index is 13.0. The average Bonchev–Trinajstić information content (AvgIpc) is 3.08. The van der Waals surface area contributed by atoms with Crippen LogP contribution in [-0.2, 0) is 16.5 Å². The third-order valence-corrected chi connectivity index (χ3v) is 3.00. The van der Waals surface area contributed by atoms with Crippen LogP contribution in [0.5, 0.6) is 5.75 Å². The van der Waals surface area contributed by atoms with Crippen molar-refractivity contribution in [2.45, 2.75) is 24.6 Å². The molecule has 1 saturated carbocycles. The minimum absolute atomic E-state index is 0.0663. The van der Waals surface area contributed by atoms with E-state index in [2.05, 4.69) is 4.99 Å². The van der Waals surface area contributed by atoms with Gasteiger partial charge >= 0.3 is 6.18 Å². The number of alkyl halides is 3. The smallest absolute Gasteiger partial charge is 0.416 e. The van der Waals surface area contributed by atoms with Crippen molar-refractivity contribution in [3.8, 4) is 5.75 Å². The third kappa shape index (κ3) is 1.99. The highest BCUT2D eigenvalue weighted by Gasteiger charge is 2.51. The number of aliphatic imine (C=N–C) groups is 1. The first kappa shape index (κ1) is 12.6. The molecule has 0 unspecified atom stereocenters. The number of nitrogens with zero attached hydrogens (tertiary/aromatic N) is 1. The van der Waals surface area contributed by atoms with Gasteiger partial charge in [0.1, 0.15) is 11.3 Å². The molecular weight excluding hydrogens is 247 g/mol. The predicted molar refractivity (Wildman–Crippen MR) is 57.0 cm³/mol. The fourth-order valence-electron chi connectivity index (χ4n) is 2.04. The first-order chi connectivity index (χ1) is 8.44. The molecular formula is C12H10F3NO2. The first-order valence-corrected chi connectivity index (χ1v) is 5.28. The van der Waals surface area contributed by atoms with E-state index >= 15 is 0 Å². The van der Waals surface area contributed by atoms with E-state index in [0.717, 1.165) is 6.07 Å². The van der Waals surface area contributed by atoms with Gasteiger partial charge in [-0.05, 0) is 25.0 Å². The average molecular weight is 257 g/mol. The van der Waals surface area contributed by atoms with Gasteiger partial charge < -0.3 is 4.74 Å². The number of rotatable bonds is 3. The number of methoxy groups -OCH3 is 1. The molecule has 0 aliphatic heterocycles. The number of isocyanates is 1. The summed E-state index contributed by atoms with van der Waals surface area (Å²) >= 11 is 0. The van der Waals surface area contributed by atoms with Crippen LogP contribution in [0.4, 0.5) is 13.2 Å². The van der Waals surface area contributed by atoms with E-state index in [4.69, 9.17) is 4.74 Å². The van der Waals surface area contributed by atoms with Crippen molar-refractivity contribution in [3.05, 3.63) is 29.3 Å². The number of carbonyl (C=O) groups excluding carboxylic acids is 1. The van der Waals surface area contributed by atoms with Gasteiger partial charge in [-0.1, -0.05) is 6.07 Å². The molecule has 2 rings (SSSR count). The van der Waals surface area contributed by atoms with Crippen molar-refractivity contribution in [3.63, 3.8) is 0 Å². The molecule has 0 heterocycles. The van der Waals surface area contributed by atoms with Gasteiger partial charge in [0, 0.05) is 5.56 Å². The molecule has 3 nitrogen and oxygen atoms in total. The molecule has 18 heavy (non-hydrogen) atoms. The fourth-order valence-corrected chi connectivity index (χ4v) is 2.04. The van der Waals surface area contributed by atoms with Crippen LogP contribution in [0.25, 0.3) is 0 Å². The molecule has 1 aromatic carbocycles. The molecule has 0 saturated heterocycles. The molecule has 1 aliphatic carbocycles. The summed E-state index contributed by atoms with van der Waals surface area (Å²) in [7, 11) is 1.29. The zero-order valence-electron chi connectivity index (χ0n) is 9.54. The molecule has 0 spiro atoms. The van der Waals surface area contributed by atoms with E-state index < -0.39 is 17.3 Å². The summed E-state index contributed by atoms with van der Waals surface area (Å²) in [5.74, 6) is 0.0984. The van der Waals surface area contributed by atoms with Crippen molar-refractivity contribution in [1.82, 2.24) is 0 Å². The summed E-state index contributed by atoms with van der Waals surface area (Å²) < 4.78 is 43.9. The van der Waals surface area contributed by atoms with Gasteiger partial charge in [0.25, 0.3) is 0 Å². The molecule has 1 aliphatic rings. The molecule has 0 amide bonds. The van der Waals surface area contributed by atoms with E-state index in [-0.39, 0.29) is 11.3 Å². The van der Waals surface area contributed by atoms with Crippen molar-refractivity contribution in [2.75, 3.05) is 7.11 Å². The molecule has 0 radical (unpaired) electrons. The number of ether oxygens (including phenoxy) is 1. The van der Waals surface area contributed by atoms with Crippen LogP contribution in [-0.4, -0.2) is 13.2 Å². The zero-order valence-corrected chi connectivity index (χ0v) is 9.54. The van der Waals surface area contributed by atoms with Crippen molar-refractivity contribution in [1.29, 1.82) is 0 Å². The Balaban J connectivity index is 2.67. The zero-order chi connectivity index (χ0) is 13.4. The quantitative estimate of drug-likeness (QED) is 0.616. The van der Waals surface area contributed by atoms with Gasteiger partial charge in [0.2, 0.25) is 6.08 Å². The normalized spacial score (nSPS) is 16.9. The Morgan fingerprint density at radius 3 is 2.50 bits per heavy atom. The molecule has 0 aromatic heterocycles. The van der Waals surface area contributed by atoms with E-state index in [9.17, 15) is 18.0 Å².